The normalized spacial score (nSPS) is 10.5. The molecular formula is C22H24N4O2. The average Bonchev–Trinajstić information content (AvgIpc) is 2.75. The summed E-state index contributed by atoms with van der Waals surface area (Å²) in [4.78, 5) is 28.6. The van der Waals surface area contributed by atoms with Crippen molar-refractivity contribution >= 4 is 11.8 Å². The Morgan fingerprint density at radius 1 is 0.964 bits per heavy atom. The van der Waals surface area contributed by atoms with Crippen LogP contribution in [0.3, 0.4) is 0 Å². The minimum atomic E-state index is -0.416. The van der Waals surface area contributed by atoms with E-state index in [1.807, 2.05) is 61.2 Å². The maximum absolute atomic E-state index is 12.9. The Morgan fingerprint density at radius 3 is 2.29 bits per heavy atom. The van der Waals surface area contributed by atoms with Crippen LogP contribution in [0.1, 0.15) is 31.1 Å². The molecule has 6 nitrogen and oxygen atoms in total. The van der Waals surface area contributed by atoms with E-state index in [1.165, 1.54) is 0 Å². The predicted molar refractivity (Wildman–Crippen MR) is 110 cm³/mol. The van der Waals surface area contributed by atoms with E-state index in [4.69, 9.17) is 14.7 Å². The number of ether oxygens (including phenoxy) is 1. The average molecular weight is 376 g/mol. The van der Waals surface area contributed by atoms with E-state index in [1.54, 1.807) is 19.3 Å². The Balaban J connectivity index is 2.32. The molecule has 144 valence electrons. The molecule has 0 spiro atoms. The molecule has 0 radical (unpaired) electrons. The highest BCUT2D eigenvalue weighted by molar-refractivity contribution is 6.01. The van der Waals surface area contributed by atoms with Crippen LogP contribution in [0.5, 0.6) is 0 Å². The zero-order chi connectivity index (χ0) is 19.9. The van der Waals surface area contributed by atoms with Crippen molar-refractivity contribution in [2.24, 2.45) is 0 Å². The summed E-state index contributed by atoms with van der Waals surface area (Å²) < 4.78 is 5.36. The molecule has 0 saturated carbocycles. The lowest BCUT2D eigenvalue weighted by Gasteiger charge is -2.24. The highest BCUT2D eigenvalue weighted by Crippen LogP contribution is 2.32. The molecule has 0 amide bonds. The molecule has 3 aromatic rings. The minimum Gasteiger partial charge on any atom is -0.462 e. The van der Waals surface area contributed by atoms with Gasteiger partial charge in [0.2, 0.25) is 0 Å². The van der Waals surface area contributed by atoms with Gasteiger partial charge < -0.3 is 9.64 Å². The third-order valence-corrected chi connectivity index (χ3v) is 4.40. The Kier molecular flexibility index (Phi) is 6.32. The fourth-order valence-electron chi connectivity index (χ4n) is 3.02. The second-order valence-corrected chi connectivity index (χ2v) is 6.09. The number of esters is 1. The van der Waals surface area contributed by atoms with Crippen molar-refractivity contribution in [2.45, 2.75) is 20.8 Å². The number of hydrogen-bond acceptors (Lipinski definition) is 6. The number of carbonyl (C=O) groups is 1. The number of hydrogen-bond donors (Lipinski definition) is 0. The van der Waals surface area contributed by atoms with Crippen molar-refractivity contribution in [1.29, 1.82) is 0 Å². The second kappa shape index (κ2) is 9.08. The predicted octanol–water partition coefficient (Wildman–Crippen LogP) is 4.23. The highest BCUT2D eigenvalue weighted by Gasteiger charge is 2.26. The maximum atomic E-state index is 12.9. The summed E-state index contributed by atoms with van der Waals surface area (Å²) in [6, 6.07) is 13.4. The SMILES string of the molecule is CCOC(=O)c1c(-c2ccccc2)nc(-c2cccnc2)nc1N(CC)CC. The van der Waals surface area contributed by atoms with Crippen LogP contribution in [0.4, 0.5) is 5.82 Å². The van der Waals surface area contributed by atoms with Crippen LogP contribution in [0.2, 0.25) is 0 Å². The van der Waals surface area contributed by atoms with E-state index in [-0.39, 0.29) is 6.61 Å². The van der Waals surface area contributed by atoms with Crippen LogP contribution in [-0.2, 0) is 4.74 Å². The fraction of sp³-hybridized carbons (Fsp3) is 0.273. The molecular weight excluding hydrogens is 352 g/mol. The lowest BCUT2D eigenvalue weighted by atomic mass is 10.0. The van der Waals surface area contributed by atoms with E-state index < -0.39 is 5.97 Å². The van der Waals surface area contributed by atoms with Gasteiger partial charge in [-0.25, -0.2) is 14.8 Å². The van der Waals surface area contributed by atoms with Gasteiger partial charge in [0.1, 0.15) is 11.4 Å². The second-order valence-electron chi connectivity index (χ2n) is 6.09. The molecule has 0 atom stereocenters. The van der Waals surface area contributed by atoms with E-state index in [0.29, 0.717) is 36.0 Å². The van der Waals surface area contributed by atoms with Gasteiger partial charge in [-0.1, -0.05) is 30.3 Å². The molecule has 28 heavy (non-hydrogen) atoms. The van der Waals surface area contributed by atoms with Crippen LogP contribution >= 0.6 is 0 Å². The number of aromatic nitrogens is 3. The van der Waals surface area contributed by atoms with Crippen LogP contribution in [0, 0.1) is 0 Å². The smallest absolute Gasteiger partial charge is 0.344 e. The number of carbonyl (C=O) groups excluding carboxylic acids is 1. The van der Waals surface area contributed by atoms with E-state index in [0.717, 1.165) is 11.1 Å². The molecule has 0 N–H and O–H groups in total. The molecule has 0 fully saturated rings. The van der Waals surface area contributed by atoms with Gasteiger partial charge in [-0.15, -0.1) is 0 Å². The van der Waals surface area contributed by atoms with E-state index in [9.17, 15) is 4.79 Å². The summed E-state index contributed by atoms with van der Waals surface area (Å²) in [7, 11) is 0. The van der Waals surface area contributed by atoms with Crippen molar-refractivity contribution in [3.05, 3.63) is 60.4 Å². The number of benzene rings is 1. The zero-order valence-corrected chi connectivity index (χ0v) is 16.4. The molecule has 0 saturated heterocycles. The van der Waals surface area contributed by atoms with Crippen LogP contribution in [-0.4, -0.2) is 40.6 Å². The Morgan fingerprint density at radius 2 is 1.68 bits per heavy atom. The van der Waals surface area contributed by atoms with E-state index in [2.05, 4.69) is 4.98 Å². The number of rotatable bonds is 7. The number of nitrogens with zero attached hydrogens (tertiary/aromatic N) is 4. The molecule has 0 aliphatic heterocycles. The molecule has 2 heterocycles. The molecule has 0 aliphatic carbocycles. The quantitative estimate of drug-likeness (QED) is 0.575. The van der Waals surface area contributed by atoms with Crippen molar-refractivity contribution in [3.63, 3.8) is 0 Å². The lowest BCUT2D eigenvalue weighted by Crippen LogP contribution is -2.27. The third-order valence-electron chi connectivity index (χ3n) is 4.40. The summed E-state index contributed by atoms with van der Waals surface area (Å²) in [5.74, 6) is 0.694. The molecule has 0 unspecified atom stereocenters. The molecule has 0 bridgehead atoms. The van der Waals surface area contributed by atoms with Gasteiger partial charge in [-0.05, 0) is 32.9 Å². The van der Waals surface area contributed by atoms with Gasteiger partial charge in [0, 0.05) is 36.6 Å². The first-order valence-corrected chi connectivity index (χ1v) is 9.49. The summed E-state index contributed by atoms with van der Waals surface area (Å²) in [6.07, 6.45) is 3.43. The monoisotopic (exact) mass is 376 g/mol. The van der Waals surface area contributed by atoms with Gasteiger partial charge in [-0.3, -0.25) is 4.98 Å². The first kappa shape index (κ1) is 19.5. The first-order valence-electron chi connectivity index (χ1n) is 9.49. The maximum Gasteiger partial charge on any atom is 0.344 e. The van der Waals surface area contributed by atoms with Crippen LogP contribution in [0.25, 0.3) is 22.6 Å². The fourth-order valence-corrected chi connectivity index (χ4v) is 3.02. The number of pyridine rings is 1. The summed E-state index contributed by atoms with van der Waals surface area (Å²) >= 11 is 0. The van der Waals surface area contributed by atoms with Gasteiger partial charge in [-0.2, -0.15) is 0 Å². The largest absolute Gasteiger partial charge is 0.462 e. The molecule has 3 rings (SSSR count). The number of anilines is 1. The van der Waals surface area contributed by atoms with Gasteiger partial charge in [0.05, 0.1) is 12.3 Å². The van der Waals surface area contributed by atoms with Gasteiger partial charge in [0.15, 0.2) is 5.82 Å². The van der Waals surface area contributed by atoms with Crippen LogP contribution in [0.15, 0.2) is 54.9 Å². The topological polar surface area (TPSA) is 68.2 Å². The first-order chi connectivity index (χ1) is 13.7. The Hall–Kier alpha value is -3.28. The van der Waals surface area contributed by atoms with Crippen LogP contribution < -0.4 is 4.90 Å². The summed E-state index contributed by atoms with van der Waals surface area (Å²) in [6.45, 7) is 7.57. The van der Waals surface area contributed by atoms with Crippen molar-refractivity contribution < 1.29 is 9.53 Å². The Bertz CT molecular complexity index is 926. The van der Waals surface area contributed by atoms with Crippen molar-refractivity contribution in [1.82, 2.24) is 15.0 Å². The molecule has 0 aliphatic rings. The minimum absolute atomic E-state index is 0.287. The van der Waals surface area contributed by atoms with E-state index >= 15 is 0 Å². The lowest BCUT2D eigenvalue weighted by molar-refractivity contribution is 0.0527. The summed E-state index contributed by atoms with van der Waals surface area (Å²) in [5.41, 5.74) is 2.59. The summed E-state index contributed by atoms with van der Waals surface area (Å²) in [5, 5.41) is 0. The van der Waals surface area contributed by atoms with Crippen molar-refractivity contribution in [2.75, 3.05) is 24.6 Å². The standard InChI is InChI=1S/C22H24N4O2/c1-4-26(5-2)21-18(22(27)28-6-3)19(16-11-8-7-9-12-16)24-20(25-21)17-13-10-14-23-15-17/h7-15H,4-6H2,1-3H3. The Labute approximate surface area is 165 Å². The van der Waals surface area contributed by atoms with Gasteiger partial charge in [0.25, 0.3) is 0 Å². The molecule has 6 heteroatoms. The van der Waals surface area contributed by atoms with Gasteiger partial charge >= 0.3 is 5.97 Å². The third kappa shape index (κ3) is 4.01. The molecule has 2 aromatic heterocycles. The highest BCUT2D eigenvalue weighted by atomic mass is 16.5. The molecule has 1 aromatic carbocycles. The zero-order valence-electron chi connectivity index (χ0n) is 16.4. The van der Waals surface area contributed by atoms with Crippen molar-refractivity contribution in [3.8, 4) is 22.6 Å².